The fourth-order valence-electron chi connectivity index (χ4n) is 1.83. The van der Waals surface area contributed by atoms with Gasteiger partial charge >= 0.3 is 5.97 Å². The van der Waals surface area contributed by atoms with E-state index in [4.69, 9.17) is 16.6 Å². The van der Waals surface area contributed by atoms with Gasteiger partial charge in [0, 0.05) is 5.75 Å². The van der Waals surface area contributed by atoms with E-state index in [1.165, 1.54) is 6.07 Å². The summed E-state index contributed by atoms with van der Waals surface area (Å²) in [4.78, 5) is 34.4. The number of carboxylic acids is 1. The van der Waals surface area contributed by atoms with Gasteiger partial charge in [0.1, 0.15) is 6.04 Å². The van der Waals surface area contributed by atoms with E-state index in [0.29, 0.717) is 0 Å². The van der Waals surface area contributed by atoms with Crippen LogP contribution in [-0.4, -0.2) is 57.4 Å². The van der Waals surface area contributed by atoms with E-state index >= 15 is 0 Å². The molecule has 1 amide bonds. The van der Waals surface area contributed by atoms with Crippen molar-refractivity contribution >= 4 is 30.3 Å². The lowest BCUT2D eigenvalue weighted by Crippen LogP contribution is -2.43. The summed E-state index contributed by atoms with van der Waals surface area (Å²) in [6.07, 6.45) is -0.152. The molecule has 0 heterocycles. The smallest absolute Gasteiger partial charge is 0.320 e. The molecule has 0 aromatic heterocycles. The van der Waals surface area contributed by atoms with Gasteiger partial charge in [0.25, 0.3) is 0 Å². The zero-order valence-corrected chi connectivity index (χ0v) is 13.5. The molecule has 10 heteroatoms. The molecular weight excluding hydrogens is 338 g/mol. The molecule has 1 aromatic rings. The molecule has 0 aliphatic heterocycles. The minimum Gasteiger partial charge on any atom is -0.504 e. The lowest BCUT2D eigenvalue weighted by molar-refractivity contribution is -0.138. The van der Waals surface area contributed by atoms with Gasteiger partial charge in [0.15, 0.2) is 17.3 Å². The predicted molar refractivity (Wildman–Crippen MR) is 88.3 cm³/mol. The number of nitrogens with two attached hydrogens (primary N) is 2. The lowest BCUT2D eigenvalue weighted by Gasteiger charge is -2.12. The number of ketones is 1. The van der Waals surface area contributed by atoms with Crippen LogP contribution in [0, 0.1) is 0 Å². The van der Waals surface area contributed by atoms with Crippen molar-refractivity contribution in [2.45, 2.75) is 18.5 Å². The van der Waals surface area contributed by atoms with E-state index in [0.717, 1.165) is 6.07 Å². The number of amides is 1. The maximum absolute atomic E-state index is 12.1. The summed E-state index contributed by atoms with van der Waals surface area (Å²) in [5, 5.41) is 30.5. The second kappa shape index (κ2) is 8.52. The number of carboxylic acid groups (broad SMARTS) is 1. The number of hydrogen-bond acceptors (Lipinski definition) is 8. The average Bonchev–Trinajstić information content (AvgIpc) is 2.54. The van der Waals surface area contributed by atoms with Crippen LogP contribution in [0.3, 0.4) is 0 Å². The summed E-state index contributed by atoms with van der Waals surface area (Å²) in [5.41, 5.74) is 10.8. The summed E-state index contributed by atoms with van der Waals surface area (Å²) >= 11 is 3.86. The zero-order chi connectivity index (χ0) is 18.4. The Morgan fingerprint density at radius 2 is 1.79 bits per heavy atom. The Morgan fingerprint density at radius 1 is 1.17 bits per heavy atom. The van der Waals surface area contributed by atoms with Crippen LogP contribution >= 0.6 is 12.6 Å². The summed E-state index contributed by atoms with van der Waals surface area (Å²) in [7, 11) is 0. The SMILES string of the molecule is NC(Cc1cc(O)c(O)c(C(=O)CNC(=O)[C@H](N)CS)c1)C(=O)O. The Bertz CT molecular complexity index is 652. The van der Waals surface area contributed by atoms with Gasteiger partial charge in [0.05, 0.1) is 18.2 Å². The molecule has 9 nitrogen and oxygen atoms in total. The third-order valence-corrected chi connectivity index (χ3v) is 3.57. The molecule has 132 valence electrons. The second-order valence-electron chi connectivity index (χ2n) is 5.09. The fourth-order valence-corrected chi connectivity index (χ4v) is 1.99. The summed E-state index contributed by atoms with van der Waals surface area (Å²) < 4.78 is 0. The van der Waals surface area contributed by atoms with E-state index in [2.05, 4.69) is 17.9 Å². The number of phenols is 2. The molecule has 0 bridgehead atoms. The topological polar surface area (TPSA) is 176 Å². The number of carbonyl (C=O) groups excluding carboxylic acids is 2. The van der Waals surface area contributed by atoms with E-state index < -0.39 is 47.8 Å². The Kier molecular flexibility index (Phi) is 7.01. The molecule has 0 saturated carbocycles. The van der Waals surface area contributed by atoms with Crippen molar-refractivity contribution in [2.24, 2.45) is 11.5 Å². The van der Waals surface area contributed by atoms with Crippen molar-refractivity contribution in [1.82, 2.24) is 5.32 Å². The Hall–Kier alpha value is -2.30. The third-order valence-electron chi connectivity index (χ3n) is 3.18. The minimum atomic E-state index is -1.25. The van der Waals surface area contributed by atoms with Gasteiger partial charge < -0.3 is 32.1 Å². The van der Waals surface area contributed by atoms with Gasteiger partial charge in [-0.15, -0.1) is 0 Å². The standard InChI is InChI=1S/C14H19N3O6S/c15-8(14(22)23)2-6-1-7(12(20)10(18)3-6)11(19)4-17-13(21)9(16)5-24/h1,3,8-9,18,20,24H,2,4-5,15-16H2,(H,17,21)(H,22,23)/t8?,9-/m1/s1. The lowest BCUT2D eigenvalue weighted by atomic mass is 10.00. The van der Waals surface area contributed by atoms with Crippen LogP contribution in [-0.2, 0) is 16.0 Å². The molecule has 1 rings (SSSR count). The largest absolute Gasteiger partial charge is 0.504 e. The minimum absolute atomic E-state index is 0.0919. The number of aromatic hydroxyl groups is 2. The first kappa shape index (κ1) is 19.7. The molecule has 0 spiro atoms. The number of nitrogens with one attached hydrogen (secondary N) is 1. The molecule has 24 heavy (non-hydrogen) atoms. The van der Waals surface area contributed by atoms with Crippen LogP contribution in [0.4, 0.5) is 0 Å². The highest BCUT2D eigenvalue weighted by Gasteiger charge is 2.20. The summed E-state index contributed by atoms with van der Waals surface area (Å²) in [5.74, 6) is -3.69. The van der Waals surface area contributed by atoms with Crippen LogP contribution in [0.15, 0.2) is 12.1 Å². The van der Waals surface area contributed by atoms with Crippen LogP contribution in [0.5, 0.6) is 11.5 Å². The average molecular weight is 357 g/mol. The van der Waals surface area contributed by atoms with Crippen molar-refractivity contribution in [1.29, 1.82) is 0 Å². The number of Topliss-reactive ketones (excluding diaryl/α,β-unsaturated/α-hetero) is 1. The quantitative estimate of drug-likeness (QED) is 0.169. The number of rotatable bonds is 8. The monoisotopic (exact) mass is 357 g/mol. The predicted octanol–water partition coefficient (Wildman–Crippen LogP) is -1.39. The maximum atomic E-state index is 12.1. The Labute approximate surface area is 143 Å². The third kappa shape index (κ3) is 5.11. The van der Waals surface area contributed by atoms with Gasteiger partial charge in [-0.05, 0) is 24.1 Å². The molecule has 2 atom stereocenters. The molecule has 8 N–H and O–H groups in total. The summed E-state index contributed by atoms with van der Waals surface area (Å²) in [6, 6.07) is 0.211. The first-order valence-corrected chi connectivity index (χ1v) is 7.51. The van der Waals surface area contributed by atoms with Gasteiger partial charge in [-0.25, -0.2) is 0 Å². The fraction of sp³-hybridized carbons (Fsp3) is 0.357. The second-order valence-corrected chi connectivity index (χ2v) is 5.46. The molecule has 0 aliphatic carbocycles. The highest BCUT2D eigenvalue weighted by Crippen LogP contribution is 2.31. The number of benzene rings is 1. The van der Waals surface area contributed by atoms with Crippen LogP contribution in [0.2, 0.25) is 0 Å². The first-order valence-electron chi connectivity index (χ1n) is 6.88. The molecular formula is C14H19N3O6S. The Morgan fingerprint density at radius 3 is 2.33 bits per heavy atom. The van der Waals surface area contributed by atoms with Crippen molar-refractivity contribution in [2.75, 3.05) is 12.3 Å². The van der Waals surface area contributed by atoms with Gasteiger partial charge in [-0.3, -0.25) is 14.4 Å². The number of hydrogen-bond donors (Lipinski definition) is 7. The van der Waals surface area contributed by atoms with Gasteiger partial charge in [-0.1, -0.05) is 0 Å². The van der Waals surface area contributed by atoms with Crippen molar-refractivity contribution in [3.63, 3.8) is 0 Å². The normalized spacial score (nSPS) is 13.1. The Balaban J connectivity index is 2.93. The number of carbonyl (C=O) groups is 3. The van der Waals surface area contributed by atoms with Gasteiger partial charge in [-0.2, -0.15) is 12.6 Å². The highest BCUT2D eigenvalue weighted by atomic mass is 32.1. The number of aliphatic carboxylic acids is 1. The summed E-state index contributed by atoms with van der Waals surface area (Å²) in [6.45, 7) is -0.457. The number of thiol groups is 1. The van der Waals surface area contributed by atoms with E-state index in [-0.39, 0.29) is 23.3 Å². The van der Waals surface area contributed by atoms with Crippen LogP contribution in [0.1, 0.15) is 15.9 Å². The molecule has 0 radical (unpaired) electrons. The molecule has 1 unspecified atom stereocenters. The van der Waals surface area contributed by atoms with Crippen LogP contribution in [0.25, 0.3) is 0 Å². The first-order chi connectivity index (χ1) is 11.2. The van der Waals surface area contributed by atoms with Crippen LogP contribution < -0.4 is 16.8 Å². The molecule has 0 fully saturated rings. The molecule has 0 saturated heterocycles. The van der Waals surface area contributed by atoms with Crippen molar-refractivity contribution < 1.29 is 29.7 Å². The van der Waals surface area contributed by atoms with E-state index in [1.807, 2.05) is 0 Å². The molecule has 0 aliphatic rings. The maximum Gasteiger partial charge on any atom is 0.320 e. The molecule has 1 aromatic carbocycles. The van der Waals surface area contributed by atoms with E-state index in [1.54, 1.807) is 0 Å². The van der Waals surface area contributed by atoms with Crippen molar-refractivity contribution in [3.8, 4) is 11.5 Å². The number of phenolic OH excluding ortho intramolecular Hbond substituents is 2. The van der Waals surface area contributed by atoms with Gasteiger partial charge in [0.2, 0.25) is 5.91 Å². The van der Waals surface area contributed by atoms with Crippen molar-refractivity contribution in [3.05, 3.63) is 23.3 Å². The van der Waals surface area contributed by atoms with E-state index in [9.17, 15) is 24.6 Å². The zero-order valence-electron chi connectivity index (χ0n) is 12.6. The highest BCUT2D eigenvalue weighted by molar-refractivity contribution is 7.80.